The molecule has 52 heavy (non-hydrogen) atoms. The predicted octanol–water partition coefficient (Wildman–Crippen LogP) is 8.06. The van der Waals surface area contributed by atoms with Gasteiger partial charge in [-0.15, -0.1) is 0 Å². The number of hydrogen-bond acceptors (Lipinski definition) is 5. The molecule has 0 spiro atoms. The first kappa shape index (κ1) is 37.1. The summed E-state index contributed by atoms with van der Waals surface area (Å²) in [4.78, 5) is 22.1. The number of para-hydroxylation sites is 2. The Morgan fingerprint density at radius 1 is 0.981 bits per heavy atom. The molecule has 2 unspecified atom stereocenters. The first-order chi connectivity index (χ1) is 24.7. The standard InChI is InChI=1S/C37H39Cl2F4N5O3S/c1-23-45-30-7-2-3-8-31(30)48(23)28-20-26-9-10-27(21-28)47(26)18-15-36(24-5-4-6-25(40)19-24)13-16-46(17-14-36)35(49)33-29(38)11-12-32(34(33)39)52(50,51)44-22-37(41,42)43/h2-8,11-12,19,26-28,44H,9-10,13-18,20-22H2,1H3. The highest BCUT2D eigenvalue weighted by Crippen LogP contribution is 2.45. The lowest BCUT2D eigenvalue weighted by Gasteiger charge is -2.45. The summed E-state index contributed by atoms with van der Waals surface area (Å²) < 4.78 is 82.4. The first-order valence-corrected chi connectivity index (χ1v) is 19.7. The number of hydrogen-bond donors (Lipinski definition) is 1. The molecule has 1 N–H and O–H groups in total. The molecular weight excluding hydrogens is 741 g/mol. The van der Waals surface area contributed by atoms with Gasteiger partial charge in [0.2, 0.25) is 10.0 Å². The normalized spacial score (nSPS) is 22.3. The van der Waals surface area contributed by atoms with Gasteiger partial charge in [0.05, 0.1) is 26.6 Å². The van der Waals surface area contributed by atoms with Gasteiger partial charge in [-0.25, -0.2) is 22.5 Å². The largest absolute Gasteiger partial charge is 0.402 e. The molecule has 278 valence electrons. The molecule has 3 aliphatic heterocycles. The van der Waals surface area contributed by atoms with Crippen molar-refractivity contribution in [3.8, 4) is 0 Å². The Kier molecular flexibility index (Phi) is 10.1. The van der Waals surface area contributed by atoms with Gasteiger partial charge in [0, 0.05) is 31.2 Å². The lowest BCUT2D eigenvalue weighted by molar-refractivity contribution is -0.121. The van der Waals surface area contributed by atoms with E-state index in [-0.39, 0.29) is 29.5 Å². The van der Waals surface area contributed by atoms with Crippen LogP contribution in [0.5, 0.6) is 0 Å². The molecule has 8 nitrogen and oxygen atoms in total. The van der Waals surface area contributed by atoms with E-state index in [1.807, 2.05) is 12.1 Å². The van der Waals surface area contributed by atoms with Crippen LogP contribution >= 0.6 is 23.2 Å². The van der Waals surface area contributed by atoms with Crippen molar-refractivity contribution < 1.29 is 30.8 Å². The minimum Gasteiger partial charge on any atom is -0.338 e. The van der Waals surface area contributed by atoms with Crippen LogP contribution in [0.2, 0.25) is 10.0 Å². The third-order valence-electron chi connectivity index (χ3n) is 11.3. The average Bonchev–Trinajstić information content (AvgIpc) is 3.56. The van der Waals surface area contributed by atoms with Gasteiger partial charge in [-0.1, -0.05) is 47.5 Å². The van der Waals surface area contributed by atoms with E-state index >= 15 is 0 Å². The quantitative estimate of drug-likeness (QED) is 0.174. The number of amides is 1. The summed E-state index contributed by atoms with van der Waals surface area (Å²) in [5, 5.41) is -0.670. The van der Waals surface area contributed by atoms with Gasteiger partial charge in [0.25, 0.3) is 5.91 Å². The number of piperidine rings is 2. The molecule has 2 atom stereocenters. The summed E-state index contributed by atoms with van der Waals surface area (Å²) in [7, 11) is -4.71. The van der Waals surface area contributed by atoms with Crippen LogP contribution in [0.4, 0.5) is 17.6 Å². The number of rotatable bonds is 9. The number of imidazole rings is 1. The number of likely N-dealkylation sites (tertiary alicyclic amines) is 1. The van der Waals surface area contributed by atoms with Crippen LogP contribution < -0.4 is 4.72 Å². The van der Waals surface area contributed by atoms with Crippen molar-refractivity contribution in [1.82, 2.24) is 24.1 Å². The van der Waals surface area contributed by atoms with Crippen LogP contribution in [0.1, 0.15) is 72.7 Å². The van der Waals surface area contributed by atoms with Crippen molar-refractivity contribution in [1.29, 1.82) is 0 Å². The second-order valence-corrected chi connectivity index (χ2v) is 16.8. The maximum atomic E-state index is 14.7. The van der Waals surface area contributed by atoms with Gasteiger partial charge in [-0.05, 0) is 106 Å². The van der Waals surface area contributed by atoms with Crippen molar-refractivity contribution in [2.45, 2.75) is 86.5 Å². The molecule has 1 aromatic heterocycles. The summed E-state index contributed by atoms with van der Waals surface area (Å²) >= 11 is 12.8. The molecule has 1 amide bonds. The monoisotopic (exact) mass is 779 g/mol. The molecule has 0 radical (unpaired) electrons. The Morgan fingerprint density at radius 2 is 1.67 bits per heavy atom. The van der Waals surface area contributed by atoms with Crippen molar-refractivity contribution in [3.05, 3.63) is 93.5 Å². The van der Waals surface area contributed by atoms with E-state index < -0.39 is 44.0 Å². The predicted molar refractivity (Wildman–Crippen MR) is 192 cm³/mol. The van der Waals surface area contributed by atoms with Crippen LogP contribution in [-0.4, -0.2) is 78.1 Å². The number of alkyl halides is 3. The summed E-state index contributed by atoms with van der Waals surface area (Å²) in [5.74, 6) is 0.0625. The van der Waals surface area contributed by atoms with Crippen LogP contribution in [-0.2, 0) is 15.4 Å². The summed E-state index contributed by atoms with van der Waals surface area (Å²) in [6.07, 6.45) is 1.25. The highest BCUT2D eigenvalue weighted by molar-refractivity contribution is 7.89. The molecule has 3 fully saturated rings. The van der Waals surface area contributed by atoms with Crippen LogP contribution in [0.15, 0.2) is 65.6 Å². The smallest absolute Gasteiger partial charge is 0.338 e. The van der Waals surface area contributed by atoms with E-state index in [9.17, 15) is 30.8 Å². The number of nitrogens with zero attached hydrogens (tertiary/aromatic N) is 4. The molecular formula is C37H39Cl2F4N5O3S. The van der Waals surface area contributed by atoms with E-state index in [1.165, 1.54) is 21.2 Å². The number of aromatic nitrogens is 2. The number of aryl methyl sites for hydroxylation is 1. The molecule has 0 aliphatic carbocycles. The number of fused-ring (bicyclic) bond motifs is 3. The molecule has 15 heteroatoms. The van der Waals surface area contributed by atoms with Crippen molar-refractivity contribution in [2.24, 2.45) is 0 Å². The summed E-state index contributed by atoms with van der Waals surface area (Å²) in [5.41, 5.74) is 2.31. The fraction of sp³-hybridized carbons (Fsp3) is 0.459. The number of carbonyl (C=O) groups excluding carboxylic acids is 1. The minimum absolute atomic E-state index is 0.121. The third-order valence-corrected chi connectivity index (χ3v) is 13.6. The fourth-order valence-corrected chi connectivity index (χ4v) is 10.7. The molecule has 3 aliphatic rings. The van der Waals surface area contributed by atoms with Crippen molar-refractivity contribution in [2.75, 3.05) is 26.2 Å². The van der Waals surface area contributed by atoms with Gasteiger partial charge in [0.15, 0.2) is 0 Å². The van der Waals surface area contributed by atoms with Crippen molar-refractivity contribution in [3.63, 3.8) is 0 Å². The maximum absolute atomic E-state index is 14.7. The molecule has 4 heterocycles. The highest BCUT2D eigenvalue weighted by Gasteiger charge is 2.45. The zero-order valence-electron chi connectivity index (χ0n) is 28.5. The number of sulfonamides is 1. The van der Waals surface area contributed by atoms with E-state index in [4.69, 9.17) is 28.2 Å². The Balaban J connectivity index is 1.08. The Labute approximate surface area is 310 Å². The van der Waals surface area contributed by atoms with E-state index in [0.29, 0.717) is 31.0 Å². The van der Waals surface area contributed by atoms with Gasteiger partial charge >= 0.3 is 6.18 Å². The Hall–Kier alpha value is -3.23. The van der Waals surface area contributed by atoms with E-state index in [2.05, 4.69) is 34.6 Å². The zero-order valence-corrected chi connectivity index (χ0v) is 30.8. The number of nitrogens with one attached hydrogen (secondary N) is 1. The van der Waals surface area contributed by atoms with Crippen molar-refractivity contribution >= 4 is 50.2 Å². The second kappa shape index (κ2) is 14.2. The summed E-state index contributed by atoms with van der Waals surface area (Å²) in [6.45, 7) is 1.61. The lowest BCUT2D eigenvalue weighted by Crippen LogP contribution is -2.49. The van der Waals surface area contributed by atoms with Crippen LogP contribution in [0.25, 0.3) is 11.0 Å². The maximum Gasteiger partial charge on any atom is 0.402 e. The SMILES string of the molecule is Cc1nc2ccccc2n1C1CC2CCC(C1)N2CCC1(c2cccc(F)c2)CCN(C(=O)c2c(Cl)ccc(S(=O)(=O)NCC(F)(F)F)c2Cl)CC1. The highest BCUT2D eigenvalue weighted by atomic mass is 35.5. The second-order valence-electron chi connectivity index (χ2n) is 14.3. The molecule has 7 rings (SSSR count). The van der Waals surface area contributed by atoms with E-state index in [1.54, 1.807) is 12.1 Å². The Bertz CT molecular complexity index is 2090. The number of carbonyl (C=O) groups is 1. The molecule has 0 saturated carbocycles. The van der Waals surface area contributed by atoms with Gasteiger partial charge in [0.1, 0.15) is 23.1 Å². The summed E-state index contributed by atoms with van der Waals surface area (Å²) in [6, 6.07) is 18.2. The molecule has 2 bridgehead atoms. The first-order valence-electron chi connectivity index (χ1n) is 17.4. The minimum atomic E-state index is -4.79. The van der Waals surface area contributed by atoms with Crippen LogP contribution in [0.3, 0.4) is 0 Å². The zero-order chi connectivity index (χ0) is 37.0. The molecule has 3 saturated heterocycles. The van der Waals surface area contributed by atoms with E-state index in [0.717, 1.165) is 67.7 Å². The van der Waals surface area contributed by atoms with Gasteiger partial charge in [-0.3, -0.25) is 9.69 Å². The lowest BCUT2D eigenvalue weighted by atomic mass is 9.70. The molecule has 3 aromatic carbocycles. The third kappa shape index (κ3) is 7.19. The number of benzene rings is 3. The molecule has 4 aromatic rings. The fourth-order valence-electron chi connectivity index (χ4n) is 8.78. The van der Waals surface area contributed by atoms with Gasteiger partial charge in [-0.2, -0.15) is 13.2 Å². The number of halogens is 6. The Morgan fingerprint density at radius 3 is 2.35 bits per heavy atom. The average molecular weight is 781 g/mol. The van der Waals surface area contributed by atoms with Gasteiger partial charge < -0.3 is 9.47 Å². The van der Waals surface area contributed by atoms with Crippen LogP contribution in [0, 0.1) is 12.7 Å². The topological polar surface area (TPSA) is 87.5 Å².